The van der Waals surface area contributed by atoms with Crippen molar-refractivity contribution in [3.8, 4) is 0 Å². The molecule has 1 aromatic rings. The predicted octanol–water partition coefficient (Wildman–Crippen LogP) is 3.37. The number of carbonyl (C=O) groups is 1. The summed E-state index contributed by atoms with van der Waals surface area (Å²) in [5.74, 6) is 0.735. The topological polar surface area (TPSA) is 45.2 Å². The van der Waals surface area contributed by atoms with Crippen molar-refractivity contribution in [2.24, 2.45) is 5.92 Å². The van der Waals surface area contributed by atoms with Gasteiger partial charge in [0, 0.05) is 36.6 Å². The molecule has 122 valence electrons. The number of aromatic nitrogens is 1. The van der Waals surface area contributed by atoms with Gasteiger partial charge in [-0.1, -0.05) is 19.3 Å². The third-order valence-corrected chi connectivity index (χ3v) is 6.03. The number of rotatable bonds is 4. The number of likely N-dealkylation sites (tertiary alicyclic amines) is 1. The van der Waals surface area contributed by atoms with Gasteiger partial charge in [0.15, 0.2) is 0 Å². The molecule has 3 rings (SSSR count). The lowest BCUT2D eigenvalue weighted by atomic mass is 9.87. The number of carbonyl (C=O) groups excluding carboxylic acids is 1. The summed E-state index contributed by atoms with van der Waals surface area (Å²) in [7, 11) is 0. The highest BCUT2D eigenvalue weighted by Crippen LogP contribution is 2.27. The van der Waals surface area contributed by atoms with Crippen LogP contribution >= 0.6 is 11.3 Å². The molecule has 2 heterocycles. The summed E-state index contributed by atoms with van der Waals surface area (Å²) < 4.78 is 0. The minimum atomic E-state index is 0.311. The Morgan fingerprint density at radius 1 is 1.27 bits per heavy atom. The zero-order valence-electron chi connectivity index (χ0n) is 13.5. The Hall–Kier alpha value is -0.940. The molecule has 0 aromatic carbocycles. The van der Waals surface area contributed by atoms with Crippen LogP contribution in [0.2, 0.25) is 0 Å². The maximum absolute atomic E-state index is 12.6. The summed E-state index contributed by atoms with van der Waals surface area (Å²) >= 11 is 1.71. The number of hydrogen-bond acceptors (Lipinski definition) is 4. The largest absolute Gasteiger partial charge is 0.342 e. The van der Waals surface area contributed by atoms with Gasteiger partial charge in [-0.3, -0.25) is 4.79 Å². The van der Waals surface area contributed by atoms with Gasteiger partial charge in [0.2, 0.25) is 5.91 Å². The van der Waals surface area contributed by atoms with E-state index in [0.717, 1.165) is 43.8 Å². The van der Waals surface area contributed by atoms with Gasteiger partial charge < -0.3 is 10.2 Å². The van der Waals surface area contributed by atoms with Crippen molar-refractivity contribution >= 4 is 17.2 Å². The van der Waals surface area contributed by atoms with Crippen LogP contribution in [-0.4, -0.2) is 34.9 Å². The van der Waals surface area contributed by atoms with Crippen molar-refractivity contribution in [1.82, 2.24) is 15.2 Å². The van der Waals surface area contributed by atoms with Crippen LogP contribution < -0.4 is 5.32 Å². The van der Waals surface area contributed by atoms with Crippen LogP contribution in [0.15, 0.2) is 11.6 Å². The second kappa shape index (κ2) is 7.55. The number of piperidine rings is 1. The molecule has 0 spiro atoms. The maximum atomic E-state index is 12.6. The summed E-state index contributed by atoms with van der Waals surface area (Å²) in [5, 5.41) is 6.85. The monoisotopic (exact) mass is 321 g/mol. The Balaban J connectivity index is 1.44. The molecule has 1 amide bonds. The van der Waals surface area contributed by atoms with Crippen molar-refractivity contribution in [2.45, 2.75) is 64.0 Å². The Labute approximate surface area is 137 Å². The molecule has 1 aromatic heterocycles. The van der Waals surface area contributed by atoms with Gasteiger partial charge in [-0.05, 0) is 32.6 Å². The van der Waals surface area contributed by atoms with Crippen molar-refractivity contribution in [2.75, 3.05) is 13.1 Å². The fraction of sp³-hybridized carbons (Fsp3) is 0.765. The Kier molecular flexibility index (Phi) is 5.47. The Bertz CT molecular complexity index is 462. The van der Waals surface area contributed by atoms with E-state index in [-0.39, 0.29) is 0 Å². The SMILES string of the molecule is C[C@H](NC1CCN(C(=O)C2CCCCC2)CC1)c1nccs1. The van der Waals surface area contributed by atoms with Gasteiger partial charge in [0.05, 0.1) is 6.04 Å². The van der Waals surface area contributed by atoms with Crippen molar-refractivity contribution in [1.29, 1.82) is 0 Å². The van der Waals surface area contributed by atoms with E-state index in [9.17, 15) is 4.79 Å². The van der Waals surface area contributed by atoms with Crippen LogP contribution in [0.4, 0.5) is 0 Å². The van der Waals surface area contributed by atoms with Gasteiger partial charge in [0.25, 0.3) is 0 Å². The molecule has 1 aliphatic heterocycles. The third kappa shape index (κ3) is 3.87. The smallest absolute Gasteiger partial charge is 0.225 e. The molecule has 4 nitrogen and oxygen atoms in total. The zero-order valence-corrected chi connectivity index (χ0v) is 14.3. The van der Waals surface area contributed by atoms with Crippen LogP contribution in [0.25, 0.3) is 0 Å². The van der Waals surface area contributed by atoms with Gasteiger partial charge in [-0.25, -0.2) is 4.98 Å². The molecule has 0 bridgehead atoms. The molecular formula is C17H27N3OS. The van der Waals surface area contributed by atoms with Gasteiger partial charge in [-0.2, -0.15) is 0 Å². The fourth-order valence-corrected chi connectivity index (χ4v) is 4.40. The van der Waals surface area contributed by atoms with E-state index in [1.807, 2.05) is 11.6 Å². The average molecular weight is 321 g/mol. The summed E-state index contributed by atoms with van der Waals surface area (Å²) in [6, 6.07) is 0.819. The molecule has 2 aliphatic rings. The lowest BCUT2D eigenvalue weighted by Gasteiger charge is -2.36. The van der Waals surface area contributed by atoms with Gasteiger partial charge in [-0.15, -0.1) is 11.3 Å². The highest BCUT2D eigenvalue weighted by molar-refractivity contribution is 7.09. The van der Waals surface area contributed by atoms with Gasteiger partial charge >= 0.3 is 0 Å². The first-order valence-corrected chi connectivity index (χ1v) is 9.56. The second-order valence-electron chi connectivity index (χ2n) is 6.69. The normalized spacial score (nSPS) is 22.7. The fourth-order valence-electron chi connectivity index (χ4n) is 3.75. The zero-order chi connectivity index (χ0) is 15.4. The molecule has 1 atom stereocenters. The summed E-state index contributed by atoms with van der Waals surface area (Å²) in [6.45, 7) is 4.01. The van der Waals surface area contributed by atoms with Crippen LogP contribution in [0, 0.1) is 5.92 Å². The molecule has 1 saturated carbocycles. The summed E-state index contributed by atoms with van der Waals surface area (Å²) in [5.41, 5.74) is 0. The highest BCUT2D eigenvalue weighted by Gasteiger charge is 2.29. The lowest BCUT2D eigenvalue weighted by Crippen LogP contribution is -2.47. The second-order valence-corrected chi connectivity index (χ2v) is 7.62. The molecule has 1 saturated heterocycles. The summed E-state index contributed by atoms with van der Waals surface area (Å²) in [6.07, 6.45) is 9.99. The van der Waals surface area contributed by atoms with E-state index in [2.05, 4.69) is 22.1 Å². The number of nitrogens with one attached hydrogen (secondary N) is 1. The highest BCUT2D eigenvalue weighted by atomic mass is 32.1. The third-order valence-electron chi connectivity index (χ3n) is 5.07. The number of hydrogen-bond donors (Lipinski definition) is 1. The van der Waals surface area contributed by atoms with E-state index in [4.69, 9.17) is 0 Å². The molecule has 1 N–H and O–H groups in total. The number of amides is 1. The molecular weight excluding hydrogens is 294 g/mol. The molecule has 0 unspecified atom stereocenters. The quantitative estimate of drug-likeness (QED) is 0.925. The average Bonchev–Trinajstić information content (AvgIpc) is 3.10. The first-order chi connectivity index (χ1) is 10.7. The minimum absolute atomic E-state index is 0.311. The molecule has 2 fully saturated rings. The van der Waals surface area contributed by atoms with Gasteiger partial charge in [0.1, 0.15) is 5.01 Å². The first kappa shape index (κ1) is 15.9. The minimum Gasteiger partial charge on any atom is -0.342 e. The van der Waals surface area contributed by atoms with Crippen molar-refractivity contribution in [3.05, 3.63) is 16.6 Å². The van der Waals surface area contributed by atoms with E-state index in [1.165, 1.54) is 19.3 Å². The number of nitrogens with zero attached hydrogens (tertiary/aromatic N) is 2. The Morgan fingerprint density at radius 2 is 2.00 bits per heavy atom. The molecule has 1 aliphatic carbocycles. The maximum Gasteiger partial charge on any atom is 0.225 e. The standard InChI is InChI=1S/C17H27N3OS/c1-13(16-18-9-12-22-16)19-15-7-10-20(11-8-15)17(21)14-5-3-2-4-6-14/h9,12-15,19H,2-8,10-11H2,1H3/t13-/m0/s1. The van der Waals surface area contributed by atoms with E-state index in [0.29, 0.717) is 23.9 Å². The van der Waals surface area contributed by atoms with Crippen LogP contribution in [0.1, 0.15) is 62.9 Å². The van der Waals surface area contributed by atoms with E-state index >= 15 is 0 Å². The first-order valence-electron chi connectivity index (χ1n) is 8.68. The molecule has 5 heteroatoms. The van der Waals surface area contributed by atoms with Crippen LogP contribution in [0.3, 0.4) is 0 Å². The van der Waals surface area contributed by atoms with Crippen molar-refractivity contribution in [3.63, 3.8) is 0 Å². The molecule has 22 heavy (non-hydrogen) atoms. The van der Waals surface area contributed by atoms with Crippen LogP contribution in [-0.2, 0) is 4.79 Å². The predicted molar refractivity (Wildman–Crippen MR) is 89.8 cm³/mol. The van der Waals surface area contributed by atoms with Crippen molar-refractivity contribution < 1.29 is 4.79 Å². The lowest BCUT2D eigenvalue weighted by molar-refractivity contribution is -0.137. The summed E-state index contributed by atoms with van der Waals surface area (Å²) in [4.78, 5) is 19.1. The molecule has 0 radical (unpaired) electrons. The van der Waals surface area contributed by atoms with Crippen LogP contribution in [0.5, 0.6) is 0 Å². The van der Waals surface area contributed by atoms with E-state index < -0.39 is 0 Å². The Morgan fingerprint density at radius 3 is 2.64 bits per heavy atom. The number of thiazole rings is 1. The van der Waals surface area contributed by atoms with E-state index in [1.54, 1.807) is 11.3 Å².